The maximum Gasteiger partial charge on any atom is 0.0782 e. The monoisotopic (exact) mass is 725 g/mol. The molecule has 2 aromatic heterocycles. The van der Waals surface area contributed by atoms with Crippen LogP contribution in [0.4, 0.5) is 0 Å². The van der Waals surface area contributed by atoms with Crippen molar-refractivity contribution in [1.29, 1.82) is 0 Å². The lowest BCUT2D eigenvalue weighted by atomic mass is 10.0. The SMILES string of the molecule is c1ccc(-n2c3ccccc3c3cccc(-n4c5cccc(c5)c5cccc(c5)n(-c5ccc6ccccc6c5)c5ccc6ccc7ccc4cc7c6c5)c32)cc1. The third-order valence-electron chi connectivity index (χ3n) is 11.8. The van der Waals surface area contributed by atoms with Crippen molar-refractivity contribution in [2.75, 3.05) is 0 Å². The van der Waals surface area contributed by atoms with Crippen molar-refractivity contribution in [3.8, 4) is 17.1 Å². The van der Waals surface area contributed by atoms with Crippen molar-refractivity contribution in [3.05, 3.63) is 212 Å². The molecule has 0 atom stereocenters. The molecule has 0 N–H and O–H groups in total. The van der Waals surface area contributed by atoms with Gasteiger partial charge in [0.15, 0.2) is 0 Å². The highest BCUT2D eigenvalue weighted by atomic mass is 15.0. The second kappa shape index (κ2) is 12.5. The average molecular weight is 726 g/mol. The van der Waals surface area contributed by atoms with E-state index in [0.29, 0.717) is 0 Å². The van der Waals surface area contributed by atoms with Gasteiger partial charge in [-0.2, -0.15) is 0 Å². The second-order valence-electron chi connectivity index (χ2n) is 15.0. The molecular weight excluding hydrogens is 691 g/mol. The van der Waals surface area contributed by atoms with Crippen LogP contribution in [0, 0.1) is 0 Å². The van der Waals surface area contributed by atoms with E-state index in [9.17, 15) is 0 Å². The van der Waals surface area contributed by atoms with Crippen LogP contribution in [-0.2, 0) is 0 Å². The van der Waals surface area contributed by atoms with Gasteiger partial charge in [-0.05, 0) is 128 Å². The number of rotatable bonds is 3. The smallest absolute Gasteiger partial charge is 0.0782 e. The van der Waals surface area contributed by atoms with Crippen molar-refractivity contribution in [2.45, 2.75) is 0 Å². The Morgan fingerprint density at radius 1 is 0.246 bits per heavy atom. The molecule has 0 unspecified atom stereocenters. The zero-order chi connectivity index (χ0) is 37.5. The first-order chi connectivity index (χ1) is 28.2. The van der Waals surface area contributed by atoms with E-state index in [0.717, 1.165) is 49.9 Å². The second-order valence-corrected chi connectivity index (χ2v) is 15.0. The van der Waals surface area contributed by atoms with Gasteiger partial charge in [0, 0.05) is 44.2 Å². The van der Waals surface area contributed by atoms with Gasteiger partial charge in [-0.15, -0.1) is 0 Å². The average Bonchev–Trinajstić information content (AvgIpc) is 3.62. The van der Waals surface area contributed by atoms with Gasteiger partial charge >= 0.3 is 0 Å². The number of fused-ring (bicyclic) bond motifs is 11. The lowest BCUT2D eigenvalue weighted by molar-refractivity contribution is 1.12. The molecule has 0 aliphatic carbocycles. The lowest BCUT2D eigenvalue weighted by Gasteiger charge is -2.17. The molecule has 12 rings (SSSR count). The maximum atomic E-state index is 2.46. The number of hydrogen-bond donors (Lipinski definition) is 0. The summed E-state index contributed by atoms with van der Waals surface area (Å²) in [5.41, 5.74) is 10.2. The molecule has 0 radical (unpaired) electrons. The minimum Gasteiger partial charge on any atom is -0.310 e. The number of aromatic nitrogens is 3. The summed E-state index contributed by atoms with van der Waals surface area (Å²) in [6.45, 7) is 0. The molecule has 266 valence electrons. The molecular formula is C54H35N3. The molecule has 8 bridgehead atoms. The molecule has 0 aliphatic rings. The van der Waals surface area contributed by atoms with Crippen LogP contribution < -0.4 is 0 Å². The van der Waals surface area contributed by atoms with Crippen molar-refractivity contribution in [1.82, 2.24) is 13.7 Å². The fraction of sp³-hybridized carbons (Fsp3) is 0. The Morgan fingerprint density at radius 3 is 1.53 bits per heavy atom. The molecule has 0 fully saturated rings. The zero-order valence-corrected chi connectivity index (χ0v) is 31.0. The van der Waals surface area contributed by atoms with Gasteiger partial charge in [-0.25, -0.2) is 0 Å². The zero-order valence-electron chi connectivity index (χ0n) is 31.0. The van der Waals surface area contributed by atoms with E-state index < -0.39 is 0 Å². The van der Waals surface area contributed by atoms with Gasteiger partial charge < -0.3 is 13.7 Å². The summed E-state index contributed by atoms with van der Waals surface area (Å²) >= 11 is 0. The third kappa shape index (κ3) is 4.99. The van der Waals surface area contributed by atoms with Gasteiger partial charge in [0.05, 0.1) is 16.7 Å². The summed E-state index contributed by atoms with van der Waals surface area (Å²) in [6.07, 6.45) is 0. The van der Waals surface area contributed by atoms with E-state index in [1.165, 1.54) is 54.1 Å². The lowest BCUT2D eigenvalue weighted by Crippen LogP contribution is -2.02. The summed E-state index contributed by atoms with van der Waals surface area (Å²) in [7, 11) is 0. The maximum absolute atomic E-state index is 2.46. The van der Waals surface area contributed by atoms with Crippen LogP contribution in [0.3, 0.4) is 0 Å². The number of para-hydroxylation sites is 3. The van der Waals surface area contributed by atoms with Crippen molar-refractivity contribution in [2.24, 2.45) is 0 Å². The molecule has 0 amide bonds. The van der Waals surface area contributed by atoms with Gasteiger partial charge in [0.2, 0.25) is 0 Å². The van der Waals surface area contributed by atoms with E-state index >= 15 is 0 Å². The van der Waals surface area contributed by atoms with Crippen LogP contribution in [0.15, 0.2) is 212 Å². The van der Waals surface area contributed by atoms with Crippen LogP contribution in [-0.4, -0.2) is 13.7 Å². The van der Waals surface area contributed by atoms with E-state index in [1.54, 1.807) is 0 Å². The Balaban J connectivity index is 1.27. The summed E-state index contributed by atoms with van der Waals surface area (Å²) in [5.74, 6) is 0. The fourth-order valence-electron chi connectivity index (χ4n) is 9.17. The summed E-state index contributed by atoms with van der Waals surface area (Å²) < 4.78 is 7.30. The van der Waals surface area contributed by atoms with E-state index in [-0.39, 0.29) is 0 Å². The van der Waals surface area contributed by atoms with Gasteiger partial charge in [-0.3, -0.25) is 0 Å². The van der Waals surface area contributed by atoms with E-state index in [2.05, 4.69) is 226 Å². The topological polar surface area (TPSA) is 14.8 Å². The Bertz CT molecular complexity index is 3640. The minimum atomic E-state index is 1.10. The van der Waals surface area contributed by atoms with Gasteiger partial charge in [0.25, 0.3) is 0 Å². The first-order valence-electron chi connectivity index (χ1n) is 19.6. The summed E-state index contributed by atoms with van der Waals surface area (Å²) in [4.78, 5) is 0. The standard InChI is InChI=1S/C54H35N3/c1-2-15-42(16-3-1)57-52-21-7-6-19-48(52)49-20-10-22-53(54(49)57)56-44-18-9-14-41(33-44)40-13-8-17-43(32-40)55(45-28-25-36-11-4-5-12-39(36)31-45)46-29-26-37-23-24-38-27-30-47(56)35-51(38)50(37)34-46/h1-35H. The van der Waals surface area contributed by atoms with Crippen LogP contribution in [0.1, 0.15) is 0 Å². The third-order valence-corrected chi connectivity index (χ3v) is 11.8. The number of nitrogens with zero attached hydrogens (tertiary/aromatic N) is 3. The summed E-state index contributed by atoms with van der Waals surface area (Å²) in [5, 5.41) is 12.1. The highest BCUT2D eigenvalue weighted by molar-refractivity contribution is 6.13. The Morgan fingerprint density at radius 2 is 0.772 bits per heavy atom. The predicted octanol–water partition coefficient (Wildman–Crippen LogP) is 14.4. The van der Waals surface area contributed by atoms with Gasteiger partial charge in [-0.1, -0.05) is 127 Å². The molecule has 0 spiro atoms. The Kier molecular flexibility index (Phi) is 6.93. The largest absolute Gasteiger partial charge is 0.310 e. The molecule has 57 heavy (non-hydrogen) atoms. The fourth-order valence-corrected chi connectivity index (χ4v) is 9.17. The first kappa shape index (κ1) is 31.7. The van der Waals surface area contributed by atoms with E-state index in [1.807, 2.05) is 0 Å². The minimum absolute atomic E-state index is 1.10. The highest BCUT2D eigenvalue weighted by Gasteiger charge is 2.17. The molecule has 0 saturated carbocycles. The molecule has 3 heteroatoms. The van der Waals surface area contributed by atoms with Crippen LogP contribution >= 0.6 is 0 Å². The first-order valence-corrected chi connectivity index (χ1v) is 19.6. The Labute approximate surface area is 328 Å². The van der Waals surface area contributed by atoms with Crippen LogP contribution in [0.5, 0.6) is 0 Å². The Hall–Kier alpha value is -7.62. The highest BCUT2D eigenvalue weighted by Crippen LogP contribution is 2.38. The molecule has 10 aromatic carbocycles. The summed E-state index contributed by atoms with van der Waals surface area (Å²) in [6, 6.07) is 78.1. The molecule has 12 aromatic rings. The number of benzene rings is 10. The molecule has 0 aliphatic heterocycles. The molecule has 3 nitrogen and oxygen atoms in total. The quantitative estimate of drug-likeness (QED) is 0.161. The number of hydrogen-bond acceptors (Lipinski definition) is 0. The predicted molar refractivity (Wildman–Crippen MR) is 242 cm³/mol. The molecule has 0 saturated heterocycles. The van der Waals surface area contributed by atoms with Crippen molar-refractivity contribution in [3.63, 3.8) is 0 Å². The molecule has 2 heterocycles. The van der Waals surface area contributed by atoms with Crippen molar-refractivity contribution < 1.29 is 0 Å². The van der Waals surface area contributed by atoms with Crippen molar-refractivity contribution >= 4 is 87.0 Å². The normalized spacial score (nSPS) is 11.9. The van der Waals surface area contributed by atoms with Crippen LogP contribution in [0.2, 0.25) is 0 Å². The van der Waals surface area contributed by atoms with Gasteiger partial charge in [0.1, 0.15) is 0 Å². The van der Waals surface area contributed by atoms with Crippen LogP contribution in [0.25, 0.3) is 104 Å². The van der Waals surface area contributed by atoms with E-state index in [4.69, 9.17) is 0 Å².